The summed E-state index contributed by atoms with van der Waals surface area (Å²) < 4.78 is 7.78. The van der Waals surface area contributed by atoms with Crippen molar-refractivity contribution in [3.05, 3.63) is 53.9 Å². The van der Waals surface area contributed by atoms with Crippen molar-refractivity contribution in [2.24, 2.45) is 5.73 Å². The molecule has 0 amide bonds. The molecular weight excluding hydrogens is 318 g/mol. The van der Waals surface area contributed by atoms with Gasteiger partial charge in [0.25, 0.3) is 0 Å². The summed E-state index contributed by atoms with van der Waals surface area (Å²) in [6, 6.07) is 12.1. The van der Waals surface area contributed by atoms with Gasteiger partial charge in [-0.1, -0.05) is 18.3 Å². The van der Waals surface area contributed by atoms with Gasteiger partial charge in [-0.05, 0) is 56.7 Å². The summed E-state index contributed by atoms with van der Waals surface area (Å²) >= 11 is 5.13. The Morgan fingerprint density at radius 3 is 2.58 bits per heavy atom. The largest absolute Gasteiger partial charge is 0.491 e. The van der Waals surface area contributed by atoms with E-state index < -0.39 is 0 Å². The van der Waals surface area contributed by atoms with Gasteiger partial charge in [-0.15, -0.1) is 0 Å². The van der Waals surface area contributed by atoms with Crippen LogP contribution in [0, 0.1) is 6.92 Å². The molecule has 0 saturated heterocycles. The molecule has 124 valence electrons. The topological polar surface area (TPSA) is 52.5 Å². The molecule has 0 aliphatic rings. The maximum atomic E-state index is 5.81. The molecule has 0 spiro atoms. The molecule has 0 aliphatic heterocycles. The Morgan fingerprint density at radius 2 is 1.96 bits per heavy atom. The maximum Gasteiger partial charge on any atom is 0.140 e. The van der Waals surface area contributed by atoms with Gasteiger partial charge in [0.05, 0.1) is 22.5 Å². The van der Waals surface area contributed by atoms with Crippen LogP contribution in [0.3, 0.4) is 0 Å². The summed E-state index contributed by atoms with van der Waals surface area (Å²) in [5.41, 5.74) is 10.8. The first-order valence-electron chi connectivity index (χ1n) is 7.97. The summed E-state index contributed by atoms with van der Waals surface area (Å²) in [4.78, 5) is 5.29. The van der Waals surface area contributed by atoms with Crippen molar-refractivity contribution >= 4 is 22.9 Å². The number of nitrogens with zero attached hydrogens (tertiary/aromatic N) is 2. The third-order valence-electron chi connectivity index (χ3n) is 3.79. The number of benzene rings is 1. The van der Waals surface area contributed by atoms with E-state index in [-0.39, 0.29) is 6.10 Å². The molecule has 3 aromatic rings. The molecule has 2 aromatic heterocycles. The minimum atomic E-state index is 0.152. The van der Waals surface area contributed by atoms with Crippen LogP contribution in [0.5, 0.6) is 5.75 Å². The zero-order valence-corrected chi connectivity index (χ0v) is 14.9. The number of ether oxygens (including phenoxy) is 1. The molecule has 1 aromatic carbocycles. The molecule has 0 radical (unpaired) electrons. The lowest BCUT2D eigenvalue weighted by atomic mass is 10.1. The van der Waals surface area contributed by atoms with E-state index in [0.29, 0.717) is 11.4 Å². The van der Waals surface area contributed by atoms with E-state index >= 15 is 0 Å². The molecule has 0 aliphatic carbocycles. The van der Waals surface area contributed by atoms with Gasteiger partial charge in [0.15, 0.2) is 0 Å². The summed E-state index contributed by atoms with van der Waals surface area (Å²) in [5, 5.41) is 0. The Kier molecular flexibility index (Phi) is 4.53. The summed E-state index contributed by atoms with van der Waals surface area (Å²) in [6.07, 6.45) is 2.67. The number of thiocarbonyl (C=S) groups is 1. The third-order valence-corrected chi connectivity index (χ3v) is 3.93. The normalized spacial score (nSPS) is 11.2. The molecule has 4 nitrogen and oxygen atoms in total. The molecule has 2 heterocycles. The average molecular weight is 339 g/mol. The smallest absolute Gasteiger partial charge is 0.140 e. The third kappa shape index (κ3) is 3.26. The highest BCUT2D eigenvalue weighted by atomic mass is 32.1. The highest BCUT2D eigenvalue weighted by Crippen LogP contribution is 2.28. The summed E-state index contributed by atoms with van der Waals surface area (Å²) in [5.74, 6) is 0.851. The van der Waals surface area contributed by atoms with Gasteiger partial charge >= 0.3 is 0 Å². The number of rotatable bonds is 5. The van der Waals surface area contributed by atoms with Crippen molar-refractivity contribution in [3.8, 4) is 17.0 Å². The van der Waals surface area contributed by atoms with Crippen LogP contribution in [0.4, 0.5) is 0 Å². The average Bonchev–Trinajstić information content (AvgIpc) is 2.87. The van der Waals surface area contributed by atoms with E-state index in [4.69, 9.17) is 27.7 Å². The van der Waals surface area contributed by atoms with Gasteiger partial charge in [-0.3, -0.25) is 0 Å². The van der Waals surface area contributed by atoms with Gasteiger partial charge in [0.1, 0.15) is 11.4 Å². The number of nitrogens with two attached hydrogens (primary N) is 1. The predicted molar refractivity (Wildman–Crippen MR) is 102 cm³/mol. The zero-order valence-electron chi connectivity index (χ0n) is 14.1. The molecule has 0 fully saturated rings. The first kappa shape index (κ1) is 16.5. The van der Waals surface area contributed by atoms with Gasteiger partial charge in [0, 0.05) is 18.2 Å². The van der Waals surface area contributed by atoms with E-state index in [2.05, 4.69) is 17.4 Å². The fraction of sp³-hybridized carbons (Fsp3) is 0.263. The number of aryl methyl sites for hydroxylation is 1. The molecule has 0 bridgehead atoms. The minimum absolute atomic E-state index is 0.152. The number of pyridine rings is 1. The highest BCUT2D eigenvalue weighted by molar-refractivity contribution is 7.80. The predicted octanol–water partition coefficient (Wildman–Crippen LogP) is 3.93. The Labute approximate surface area is 147 Å². The maximum absolute atomic E-state index is 5.81. The Bertz CT molecular complexity index is 882. The highest BCUT2D eigenvalue weighted by Gasteiger charge is 2.16. The fourth-order valence-electron chi connectivity index (χ4n) is 2.78. The lowest BCUT2D eigenvalue weighted by molar-refractivity contribution is 0.242. The van der Waals surface area contributed by atoms with Crippen molar-refractivity contribution in [1.82, 2.24) is 9.38 Å². The number of hydrogen-bond acceptors (Lipinski definition) is 3. The van der Waals surface area contributed by atoms with E-state index in [9.17, 15) is 0 Å². The Hall–Kier alpha value is -2.40. The second kappa shape index (κ2) is 6.61. The zero-order chi connectivity index (χ0) is 17.3. The van der Waals surface area contributed by atoms with Gasteiger partial charge in [-0.25, -0.2) is 4.98 Å². The molecule has 5 heteroatoms. The van der Waals surface area contributed by atoms with Gasteiger partial charge in [-0.2, -0.15) is 0 Å². The van der Waals surface area contributed by atoms with Gasteiger partial charge in [0.2, 0.25) is 0 Å². The van der Waals surface area contributed by atoms with Crippen molar-refractivity contribution in [1.29, 1.82) is 0 Å². The number of aromatic nitrogens is 2. The molecule has 2 N–H and O–H groups in total. The van der Waals surface area contributed by atoms with Crippen LogP contribution in [-0.2, 0) is 6.42 Å². The van der Waals surface area contributed by atoms with E-state index in [1.807, 2.05) is 50.4 Å². The van der Waals surface area contributed by atoms with E-state index in [1.165, 1.54) is 0 Å². The monoisotopic (exact) mass is 339 g/mol. The lowest BCUT2D eigenvalue weighted by Crippen LogP contribution is -2.13. The minimum Gasteiger partial charge on any atom is -0.491 e. The SMILES string of the molecule is Cc1cccn2c(CC(N)=S)c(-c3ccc(OC(C)C)cc3)nc12. The van der Waals surface area contributed by atoms with E-state index in [0.717, 1.165) is 33.9 Å². The molecule has 0 unspecified atom stereocenters. The van der Waals surface area contributed by atoms with Crippen LogP contribution in [0.2, 0.25) is 0 Å². The Morgan fingerprint density at radius 1 is 1.25 bits per heavy atom. The molecule has 24 heavy (non-hydrogen) atoms. The van der Waals surface area contributed by atoms with Crippen molar-refractivity contribution in [2.75, 3.05) is 0 Å². The molecular formula is C19H21N3OS. The van der Waals surface area contributed by atoms with Crippen molar-refractivity contribution in [2.45, 2.75) is 33.3 Å². The second-order valence-electron chi connectivity index (χ2n) is 6.13. The van der Waals surface area contributed by atoms with Crippen LogP contribution in [0.25, 0.3) is 16.9 Å². The van der Waals surface area contributed by atoms with E-state index in [1.54, 1.807) is 0 Å². The second-order valence-corrected chi connectivity index (χ2v) is 6.65. The Balaban J connectivity index is 2.10. The quantitative estimate of drug-likeness (QED) is 0.716. The van der Waals surface area contributed by atoms with Crippen LogP contribution in [0.15, 0.2) is 42.6 Å². The van der Waals surface area contributed by atoms with Crippen molar-refractivity contribution in [3.63, 3.8) is 0 Å². The number of hydrogen-bond donors (Lipinski definition) is 1. The summed E-state index contributed by atoms with van der Waals surface area (Å²) in [6.45, 7) is 6.08. The number of imidazole rings is 1. The first-order valence-corrected chi connectivity index (χ1v) is 8.38. The summed E-state index contributed by atoms with van der Waals surface area (Å²) in [7, 11) is 0. The van der Waals surface area contributed by atoms with Crippen LogP contribution in [0.1, 0.15) is 25.1 Å². The first-order chi connectivity index (χ1) is 11.5. The molecule has 0 atom stereocenters. The van der Waals surface area contributed by atoms with Gasteiger partial charge < -0.3 is 14.9 Å². The van der Waals surface area contributed by atoms with Crippen LogP contribution >= 0.6 is 12.2 Å². The van der Waals surface area contributed by atoms with Crippen molar-refractivity contribution < 1.29 is 4.74 Å². The number of fused-ring (bicyclic) bond motifs is 1. The molecule has 3 rings (SSSR count). The fourth-order valence-corrected chi connectivity index (χ4v) is 2.92. The molecule has 0 saturated carbocycles. The van der Waals surface area contributed by atoms with Crippen LogP contribution in [-0.4, -0.2) is 20.5 Å². The standard InChI is InChI=1S/C19H21N3OS/c1-12(2)23-15-8-6-14(7-9-15)18-16(11-17(20)24)22-10-4-5-13(3)19(22)21-18/h4-10,12H,11H2,1-3H3,(H2,20,24). The van der Waals surface area contributed by atoms with Crippen LogP contribution < -0.4 is 10.5 Å². The lowest BCUT2D eigenvalue weighted by Gasteiger charge is -2.10.